The Balaban J connectivity index is 1.64. The number of amides is 1. The molecule has 0 bridgehead atoms. The summed E-state index contributed by atoms with van der Waals surface area (Å²) in [5.74, 6) is -0.196. The summed E-state index contributed by atoms with van der Waals surface area (Å²) in [7, 11) is -3.59. The highest BCUT2D eigenvalue weighted by atomic mass is 79.9. The predicted molar refractivity (Wildman–Crippen MR) is 100 cm³/mol. The molecule has 0 atom stereocenters. The van der Waals surface area contributed by atoms with Gasteiger partial charge in [0.2, 0.25) is 15.9 Å². The number of carbonyl (C=O) groups is 1. The van der Waals surface area contributed by atoms with E-state index in [0.29, 0.717) is 17.6 Å². The largest absolute Gasteiger partial charge is 0.339 e. The molecule has 1 aliphatic rings. The third kappa shape index (κ3) is 4.05. The predicted octanol–water partition coefficient (Wildman–Crippen LogP) is 1.14. The summed E-state index contributed by atoms with van der Waals surface area (Å²) in [6, 6.07) is 11.3. The molecule has 0 radical (unpaired) electrons. The first kappa shape index (κ1) is 18.8. The molecule has 0 N–H and O–H groups in total. The molecule has 1 fully saturated rings. The molecule has 1 saturated heterocycles. The van der Waals surface area contributed by atoms with E-state index in [1.807, 2.05) is 0 Å². The minimum atomic E-state index is -3.59. The second-order valence-electron chi connectivity index (χ2n) is 5.91. The van der Waals surface area contributed by atoms with Crippen molar-refractivity contribution in [3.63, 3.8) is 0 Å². The average Bonchev–Trinajstić information content (AvgIpc) is 2.63. The summed E-state index contributed by atoms with van der Waals surface area (Å²) in [5.41, 5.74) is -0.239. The van der Waals surface area contributed by atoms with E-state index in [1.54, 1.807) is 47.5 Å². The van der Waals surface area contributed by atoms with Crippen LogP contribution >= 0.6 is 15.9 Å². The van der Waals surface area contributed by atoms with Crippen LogP contribution in [0, 0.1) is 0 Å². The normalized spacial score (nSPS) is 15.8. The van der Waals surface area contributed by atoms with Crippen LogP contribution < -0.4 is 5.56 Å². The zero-order valence-corrected chi connectivity index (χ0v) is 16.3. The summed E-state index contributed by atoms with van der Waals surface area (Å²) in [5, 5.41) is 0. The maximum atomic E-state index is 12.7. The fraction of sp³-hybridized carbons (Fsp3) is 0.294. The number of aromatic nitrogens is 1. The van der Waals surface area contributed by atoms with E-state index in [0.717, 1.165) is 0 Å². The molecular formula is C17H18BrN3O4S. The Bertz CT molecular complexity index is 966. The average molecular weight is 440 g/mol. The first-order valence-corrected chi connectivity index (χ1v) is 10.3. The van der Waals surface area contributed by atoms with Crippen molar-refractivity contribution in [2.75, 3.05) is 26.2 Å². The standard InChI is InChI=1S/C17H18BrN3O4S/c18-14-4-3-5-15(12-14)26(24,25)21-10-8-19(9-11-21)17(23)13-20-7-2-1-6-16(20)22/h1-7,12H,8-11,13H2. The highest BCUT2D eigenvalue weighted by Crippen LogP contribution is 2.21. The second kappa shape index (κ2) is 7.73. The van der Waals surface area contributed by atoms with E-state index in [-0.39, 0.29) is 36.0 Å². The molecule has 9 heteroatoms. The summed E-state index contributed by atoms with van der Waals surface area (Å²) in [6.45, 7) is 1.01. The molecule has 138 valence electrons. The van der Waals surface area contributed by atoms with Gasteiger partial charge in [-0.3, -0.25) is 9.59 Å². The third-order valence-electron chi connectivity index (χ3n) is 4.23. The van der Waals surface area contributed by atoms with E-state index >= 15 is 0 Å². The van der Waals surface area contributed by atoms with Crippen molar-refractivity contribution in [3.05, 3.63) is 63.5 Å². The first-order valence-electron chi connectivity index (χ1n) is 8.07. The van der Waals surface area contributed by atoms with Crippen LogP contribution in [-0.2, 0) is 21.4 Å². The summed E-state index contributed by atoms with van der Waals surface area (Å²) >= 11 is 3.28. The molecule has 7 nitrogen and oxygen atoms in total. The fourth-order valence-electron chi connectivity index (χ4n) is 2.79. The number of sulfonamides is 1. The Morgan fingerprint density at radius 1 is 1.04 bits per heavy atom. The number of hydrogen-bond acceptors (Lipinski definition) is 4. The Labute approximate surface area is 160 Å². The van der Waals surface area contributed by atoms with Gasteiger partial charge in [0.15, 0.2) is 0 Å². The van der Waals surface area contributed by atoms with Gasteiger partial charge in [-0.05, 0) is 24.3 Å². The van der Waals surface area contributed by atoms with E-state index in [2.05, 4.69) is 15.9 Å². The quantitative estimate of drug-likeness (QED) is 0.715. The monoisotopic (exact) mass is 439 g/mol. The minimum Gasteiger partial charge on any atom is -0.339 e. The van der Waals surface area contributed by atoms with Gasteiger partial charge < -0.3 is 9.47 Å². The number of benzene rings is 1. The number of carbonyl (C=O) groups excluding carboxylic acids is 1. The number of pyridine rings is 1. The van der Waals surface area contributed by atoms with Crippen molar-refractivity contribution in [2.45, 2.75) is 11.4 Å². The van der Waals surface area contributed by atoms with Gasteiger partial charge in [0.05, 0.1) is 4.90 Å². The van der Waals surface area contributed by atoms with Gasteiger partial charge in [-0.25, -0.2) is 8.42 Å². The SMILES string of the molecule is O=C(Cn1ccccc1=O)N1CCN(S(=O)(=O)c2cccc(Br)c2)CC1. The maximum Gasteiger partial charge on any atom is 0.250 e. The van der Waals surface area contributed by atoms with Crippen LogP contribution in [-0.4, -0.2) is 54.3 Å². The molecule has 0 saturated carbocycles. The maximum absolute atomic E-state index is 12.7. The summed E-state index contributed by atoms with van der Waals surface area (Å²) in [6.07, 6.45) is 1.56. The van der Waals surface area contributed by atoms with Gasteiger partial charge in [-0.15, -0.1) is 0 Å². The van der Waals surface area contributed by atoms with E-state index < -0.39 is 10.0 Å². The molecule has 0 aliphatic carbocycles. The smallest absolute Gasteiger partial charge is 0.250 e. The van der Waals surface area contributed by atoms with Crippen molar-refractivity contribution in [2.24, 2.45) is 0 Å². The van der Waals surface area contributed by atoms with E-state index in [9.17, 15) is 18.0 Å². The van der Waals surface area contributed by atoms with Crippen molar-refractivity contribution in [1.29, 1.82) is 0 Å². The Kier molecular flexibility index (Phi) is 5.59. The summed E-state index contributed by atoms with van der Waals surface area (Å²) < 4.78 is 28.8. The highest BCUT2D eigenvalue weighted by Gasteiger charge is 2.30. The lowest BCUT2D eigenvalue weighted by atomic mass is 10.3. The fourth-order valence-corrected chi connectivity index (χ4v) is 4.81. The molecule has 1 aromatic heterocycles. The Morgan fingerprint density at radius 2 is 1.77 bits per heavy atom. The number of rotatable bonds is 4. The lowest BCUT2D eigenvalue weighted by Crippen LogP contribution is -2.51. The van der Waals surface area contributed by atoms with Crippen LogP contribution in [0.15, 0.2) is 62.8 Å². The van der Waals surface area contributed by atoms with Gasteiger partial charge >= 0.3 is 0 Å². The molecule has 0 unspecified atom stereocenters. The zero-order chi connectivity index (χ0) is 18.7. The van der Waals surface area contributed by atoms with Crippen LogP contribution in [0.5, 0.6) is 0 Å². The van der Waals surface area contributed by atoms with Gasteiger partial charge in [-0.2, -0.15) is 4.31 Å². The Hall–Kier alpha value is -1.97. The van der Waals surface area contributed by atoms with Crippen LogP contribution in [0.2, 0.25) is 0 Å². The minimum absolute atomic E-state index is 0.0436. The van der Waals surface area contributed by atoms with Crippen molar-refractivity contribution < 1.29 is 13.2 Å². The molecule has 2 heterocycles. The van der Waals surface area contributed by atoms with Crippen molar-refractivity contribution in [3.8, 4) is 0 Å². The second-order valence-corrected chi connectivity index (χ2v) is 8.76. The van der Waals surface area contributed by atoms with Crippen molar-refractivity contribution >= 4 is 31.9 Å². The number of piperazine rings is 1. The van der Waals surface area contributed by atoms with Crippen LogP contribution in [0.3, 0.4) is 0 Å². The van der Waals surface area contributed by atoms with Gasteiger partial charge in [0, 0.05) is 42.9 Å². The zero-order valence-electron chi connectivity index (χ0n) is 13.9. The van der Waals surface area contributed by atoms with Gasteiger partial charge in [0.25, 0.3) is 5.56 Å². The number of hydrogen-bond donors (Lipinski definition) is 0. The third-order valence-corrected chi connectivity index (χ3v) is 6.62. The molecule has 1 aliphatic heterocycles. The molecule has 1 amide bonds. The molecule has 0 spiro atoms. The van der Waals surface area contributed by atoms with E-state index in [4.69, 9.17) is 0 Å². The number of nitrogens with zero attached hydrogens (tertiary/aromatic N) is 3. The topological polar surface area (TPSA) is 79.7 Å². The molecule has 26 heavy (non-hydrogen) atoms. The lowest BCUT2D eigenvalue weighted by Gasteiger charge is -2.34. The van der Waals surface area contributed by atoms with Gasteiger partial charge in [0.1, 0.15) is 6.54 Å². The molecule has 2 aromatic rings. The molecule has 1 aromatic carbocycles. The highest BCUT2D eigenvalue weighted by molar-refractivity contribution is 9.10. The first-order chi connectivity index (χ1) is 12.4. The van der Waals surface area contributed by atoms with E-state index in [1.165, 1.54) is 14.9 Å². The lowest BCUT2D eigenvalue weighted by molar-refractivity contribution is -0.133. The van der Waals surface area contributed by atoms with Crippen LogP contribution in [0.1, 0.15) is 0 Å². The Morgan fingerprint density at radius 3 is 2.42 bits per heavy atom. The van der Waals surface area contributed by atoms with Crippen LogP contribution in [0.25, 0.3) is 0 Å². The number of halogens is 1. The van der Waals surface area contributed by atoms with Gasteiger partial charge in [-0.1, -0.05) is 28.1 Å². The molecular weight excluding hydrogens is 422 g/mol. The van der Waals surface area contributed by atoms with Crippen LogP contribution in [0.4, 0.5) is 0 Å². The summed E-state index contributed by atoms with van der Waals surface area (Å²) in [4.78, 5) is 25.9. The molecule has 3 rings (SSSR count). The van der Waals surface area contributed by atoms with Crippen molar-refractivity contribution in [1.82, 2.24) is 13.8 Å².